The maximum Gasteiger partial charge on any atom is 0.246 e. The second kappa shape index (κ2) is 6.31. The van der Waals surface area contributed by atoms with Crippen LogP contribution in [0, 0.1) is 0 Å². The lowest BCUT2D eigenvalue weighted by molar-refractivity contribution is 0.0632. The van der Waals surface area contributed by atoms with Crippen molar-refractivity contribution in [1.29, 1.82) is 0 Å². The number of hydrogen-bond acceptors (Lipinski definition) is 4. The topological polar surface area (TPSA) is 72.6 Å². The van der Waals surface area contributed by atoms with Crippen LogP contribution in [0.4, 0.5) is 5.69 Å². The lowest BCUT2D eigenvalue weighted by Crippen LogP contribution is -2.40. The Morgan fingerprint density at radius 2 is 1.90 bits per heavy atom. The van der Waals surface area contributed by atoms with E-state index >= 15 is 0 Å². The molecule has 0 aliphatic carbocycles. The Balaban J connectivity index is 2.39. The number of nitrogens with zero attached hydrogens (tertiary/aromatic N) is 1. The van der Waals surface area contributed by atoms with Crippen LogP contribution in [0.3, 0.4) is 0 Å². The van der Waals surface area contributed by atoms with Gasteiger partial charge in [0.25, 0.3) is 0 Å². The summed E-state index contributed by atoms with van der Waals surface area (Å²) in [6.45, 7) is 1.17. The van der Waals surface area contributed by atoms with Crippen molar-refractivity contribution in [3.8, 4) is 0 Å². The van der Waals surface area contributed by atoms with Crippen molar-refractivity contribution in [1.82, 2.24) is 4.31 Å². The third-order valence-electron chi connectivity index (χ3n) is 3.38. The number of ether oxygens (including phenoxy) is 1. The van der Waals surface area contributed by atoms with Crippen molar-refractivity contribution >= 4 is 47.6 Å². The summed E-state index contributed by atoms with van der Waals surface area (Å²) in [6.07, 6.45) is 1.40. The molecule has 1 aromatic carbocycles. The Bertz CT molecular complexity index is 578. The molecule has 0 radical (unpaired) electrons. The predicted molar refractivity (Wildman–Crippen MR) is 85.0 cm³/mol. The third kappa shape index (κ3) is 3.19. The van der Waals surface area contributed by atoms with Gasteiger partial charge in [0.1, 0.15) is 4.90 Å². The molecule has 2 rings (SSSR count). The Kier molecular flexibility index (Phi) is 5.12. The highest BCUT2D eigenvalue weighted by Gasteiger charge is 2.32. The van der Waals surface area contributed by atoms with Crippen molar-refractivity contribution in [2.75, 3.05) is 26.0 Å². The van der Waals surface area contributed by atoms with Crippen LogP contribution in [0.5, 0.6) is 0 Å². The molecular formula is C12H16Br2N2O3S. The number of nitrogen functional groups attached to an aromatic ring is 1. The first-order chi connectivity index (χ1) is 9.34. The Morgan fingerprint density at radius 1 is 1.30 bits per heavy atom. The molecule has 112 valence electrons. The number of anilines is 1. The van der Waals surface area contributed by atoms with E-state index in [4.69, 9.17) is 10.5 Å². The highest BCUT2D eigenvalue weighted by Crippen LogP contribution is 2.34. The lowest BCUT2D eigenvalue weighted by atomic mass is 10.1. The van der Waals surface area contributed by atoms with Crippen molar-refractivity contribution in [2.24, 2.45) is 0 Å². The van der Waals surface area contributed by atoms with E-state index in [2.05, 4.69) is 31.9 Å². The van der Waals surface area contributed by atoms with Crippen LogP contribution in [0.25, 0.3) is 0 Å². The average molecular weight is 428 g/mol. The first kappa shape index (κ1) is 16.2. The molecule has 1 aromatic rings. The SMILES string of the molecule is CN(C1CCOCC1)S(=O)(=O)c1c(N)cc(Br)cc1Br. The van der Waals surface area contributed by atoms with E-state index in [1.54, 1.807) is 19.2 Å². The Labute approximate surface area is 135 Å². The van der Waals surface area contributed by atoms with Crippen LogP contribution in [0.15, 0.2) is 26.0 Å². The molecule has 0 atom stereocenters. The van der Waals surface area contributed by atoms with E-state index in [1.165, 1.54) is 4.31 Å². The summed E-state index contributed by atoms with van der Waals surface area (Å²) in [5.74, 6) is 0. The molecule has 0 saturated carbocycles. The molecular weight excluding hydrogens is 412 g/mol. The van der Waals surface area contributed by atoms with Crippen LogP contribution in [0.2, 0.25) is 0 Å². The highest BCUT2D eigenvalue weighted by molar-refractivity contribution is 9.11. The van der Waals surface area contributed by atoms with E-state index in [-0.39, 0.29) is 16.6 Å². The van der Waals surface area contributed by atoms with Gasteiger partial charge < -0.3 is 10.5 Å². The Hall–Kier alpha value is -0.150. The van der Waals surface area contributed by atoms with Gasteiger partial charge in [-0.05, 0) is 40.9 Å². The number of nitrogens with two attached hydrogens (primary N) is 1. The largest absolute Gasteiger partial charge is 0.398 e. The highest BCUT2D eigenvalue weighted by atomic mass is 79.9. The van der Waals surface area contributed by atoms with Crippen molar-refractivity contribution in [3.63, 3.8) is 0 Å². The summed E-state index contributed by atoms with van der Waals surface area (Å²) in [5, 5.41) is 0. The van der Waals surface area contributed by atoms with Gasteiger partial charge in [0.2, 0.25) is 10.0 Å². The zero-order valence-electron chi connectivity index (χ0n) is 11.0. The van der Waals surface area contributed by atoms with Gasteiger partial charge in [-0.2, -0.15) is 4.31 Å². The fourth-order valence-electron chi connectivity index (χ4n) is 2.24. The molecule has 1 aliphatic rings. The summed E-state index contributed by atoms with van der Waals surface area (Å²) >= 11 is 6.58. The molecule has 1 aliphatic heterocycles. The predicted octanol–water partition coefficient (Wildman–Crippen LogP) is 2.59. The fourth-order valence-corrected chi connectivity index (χ4v) is 5.67. The molecule has 20 heavy (non-hydrogen) atoms. The maximum atomic E-state index is 12.7. The minimum atomic E-state index is -3.63. The minimum absolute atomic E-state index is 0.0521. The summed E-state index contributed by atoms with van der Waals surface area (Å²) < 4.78 is 33.4. The normalized spacial score (nSPS) is 17.6. The van der Waals surface area contributed by atoms with E-state index < -0.39 is 10.0 Å². The molecule has 1 fully saturated rings. The zero-order valence-corrected chi connectivity index (χ0v) is 15.0. The fraction of sp³-hybridized carbons (Fsp3) is 0.500. The van der Waals surface area contributed by atoms with Crippen LogP contribution in [0.1, 0.15) is 12.8 Å². The molecule has 1 saturated heterocycles. The van der Waals surface area contributed by atoms with Gasteiger partial charge in [-0.1, -0.05) is 15.9 Å². The van der Waals surface area contributed by atoms with Crippen LogP contribution in [-0.4, -0.2) is 39.0 Å². The summed E-state index contributed by atoms with van der Waals surface area (Å²) in [7, 11) is -2.04. The maximum absolute atomic E-state index is 12.7. The van der Waals surface area contributed by atoms with Crippen LogP contribution < -0.4 is 5.73 Å². The lowest BCUT2D eigenvalue weighted by Gasteiger charge is -2.31. The number of halogens is 2. The zero-order chi connectivity index (χ0) is 14.9. The van der Waals surface area contributed by atoms with Gasteiger partial charge in [0.05, 0.1) is 5.69 Å². The first-order valence-electron chi connectivity index (χ1n) is 6.14. The quantitative estimate of drug-likeness (QED) is 0.752. The van der Waals surface area contributed by atoms with E-state index in [0.717, 1.165) is 4.47 Å². The van der Waals surface area contributed by atoms with Crippen molar-refractivity contribution in [3.05, 3.63) is 21.1 Å². The molecule has 5 nitrogen and oxygen atoms in total. The molecule has 8 heteroatoms. The van der Waals surface area contributed by atoms with Gasteiger partial charge in [-0.15, -0.1) is 0 Å². The number of benzene rings is 1. The number of rotatable bonds is 3. The molecule has 0 amide bonds. The molecule has 0 aromatic heterocycles. The van der Waals surface area contributed by atoms with Gasteiger partial charge in [0, 0.05) is 35.2 Å². The van der Waals surface area contributed by atoms with Gasteiger partial charge in [0.15, 0.2) is 0 Å². The average Bonchev–Trinajstić information content (AvgIpc) is 2.37. The second-order valence-corrected chi connectivity index (χ2v) is 8.38. The first-order valence-corrected chi connectivity index (χ1v) is 9.17. The van der Waals surface area contributed by atoms with Gasteiger partial charge in [-0.3, -0.25) is 0 Å². The van der Waals surface area contributed by atoms with E-state index in [0.29, 0.717) is 30.5 Å². The smallest absolute Gasteiger partial charge is 0.246 e. The molecule has 2 N–H and O–H groups in total. The molecule has 1 heterocycles. The monoisotopic (exact) mass is 426 g/mol. The summed E-state index contributed by atoms with van der Waals surface area (Å²) in [4.78, 5) is 0.120. The third-order valence-corrected chi connectivity index (χ3v) is 6.75. The summed E-state index contributed by atoms with van der Waals surface area (Å²) in [5.41, 5.74) is 6.11. The van der Waals surface area contributed by atoms with Gasteiger partial charge in [-0.25, -0.2) is 8.42 Å². The van der Waals surface area contributed by atoms with Gasteiger partial charge >= 0.3 is 0 Å². The van der Waals surface area contributed by atoms with Crippen molar-refractivity contribution in [2.45, 2.75) is 23.8 Å². The van der Waals surface area contributed by atoms with Crippen LogP contribution in [-0.2, 0) is 14.8 Å². The van der Waals surface area contributed by atoms with E-state index in [1.807, 2.05) is 0 Å². The Morgan fingerprint density at radius 3 is 2.45 bits per heavy atom. The van der Waals surface area contributed by atoms with Crippen LogP contribution >= 0.6 is 31.9 Å². The molecule has 0 unspecified atom stereocenters. The standard InChI is InChI=1S/C12H16Br2N2O3S/c1-16(9-2-4-19-5-3-9)20(17,18)12-10(14)6-8(13)7-11(12)15/h6-7,9H,2-5,15H2,1H3. The van der Waals surface area contributed by atoms with Crippen molar-refractivity contribution < 1.29 is 13.2 Å². The molecule has 0 spiro atoms. The molecule has 0 bridgehead atoms. The number of hydrogen-bond donors (Lipinski definition) is 1. The summed E-state index contributed by atoms with van der Waals surface area (Å²) in [6, 6.07) is 3.22. The van der Waals surface area contributed by atoms with E-state index in [9.17, 15) is 8.42 Å². The minimum Gasteiger partial charge on any atom is -0.398 e. The number of sulfonamides is 1. The second-order valence-electron chi connectivity index (χ2n) is 4.67.